The third-order valence-electron chi connectivity index (χ3n) is 5.95. The molecule has 0 amide bonds. The summed E-state index contributed by atoms with van der Waals surface area (Å²) in [4.78, 5) is 4.79. The minimum atomic E-state index is 0.222. The van der Waals surface area contributed by atoms with E-state index in [4.69, 9.17) is 14.1 Å². The average molecular weight is 321 g/mol. The number of benzene rings is 2. The molecule has 3 nitrogen and oxygen atoms in total. The summed E-state index contributed by atoms with van der Waals surface area (Å²) in [5, 5.41) is 2.48. The standard InChI is InChI=1S/C21H23NO2/c1-11-10-23-19-14-7-8-15-13(6-5-9-21(15,3)4)17(14)18-20(16(11)19)24-12(2)22-18/h7-8,11H,5-6,9-10H2,1-4H3/t11-/m1/s1. The van der Waals surface area contributed by atoms with Gasteiger partial charge >= 0.3 is 0 Å². The van der Waals surface area contributed by atoms with Crippen molar-refractivity contribution in [2.45, 2.75) is 58.3 Å². The molecule has 2 heterocycles. The summed E-state index contributed by atoms with van der Waals surface area (Å²) in [6.45, 7) is 9.59. The molecule has 1 atom stereocenters. The fraction of sp³-hybridized carbons (Fsp3) is 0.476. The maximum atomic E-state index is 6.10. The Hall–Kier alpha value is -2.03. The Balaban J connectivity index is 2.00. The SMILES string of the molecule is Cc1nc2c(o1)c1c(c3ccc4c(c32)CCCC4(C)C)OC[C@H]1C. The number of hydrogen-bond acceptors (Lipinski definition) is 3. The zero-order valence-electron chi connectivity index (χ0n) is 14.8. The fourth-order valence-corrected chi connectivity index (χ4v) is 4.77. The normalized spacial score (nSPS) is 21.8. The van der Waals surface area contributed by atoms with Gasteiger partial charge in [-0.15, -0.1) is 0 Å². The molecule has 3 aromatic rings. The van der Waals surface area contributed by atoms with Crippen LogP contribution in [0.4, 0.5) is 0 Å². The number of rotatable bonds is 0. The Morgan fingerprint density at radius 1 is 1.25 bits per heavy atom. The van der Waals surface area contributed by atoms with Gasteiger partial charge in [0.15, 0.2) is 11.5 Å². The number of aromatic nitrogens is 1. The van der Waals surface area contributed by atoms with Crippen LogP contribution in [0.5, 0.6) is 5.75 Å². The minimum Gasteiger partial charge on any atom is -0.492 e. The topological polar surface area (TPSA) is 35.3 Å². The maximum absolute atomic E-state index is 6.10. The summed E-state index contributed by atoms with van der Waals surface area (Å²) in [6, 6.07) is 4.57. The predicted molar refractivity (Wildman–Crippen MR) is 96.1 cm³/mol. The lowest BCUT2D eigenvalue weighted by atomic mass is 9.71. The molecule has 3 heteroatoms. The van der Waals surface area contributed by atoms with Gasteiger partial charge in [-0.05, 0) is 35.8 Å². The number of oxazole rings is 1. The zero-order chi connectivity index (χ0) is 16.6. The summed E-state index contributed by atoms with van der Waals surface area (Å²) >= 11 is 0. The summed E-state index contributed by atoms with van der Waals surface area (Å²) in [5.41, 5.74) is 6.32. The second-order valence-electron chi connectivity index (χ2n) is 8.12. The third kappa shape index (κ3) is 1.70. The van der Waals surface area contributed by atoms with Crippen molar-refractivity contribution in [2.24, 2.45) is 0 Å². The van der Waals surface area contributed by atoms with Gasteiger partial charge in [-0.3, -0.25) is 0 Å². The number of aryl methyl sites for hydroxylation is 2. The first-order chi connectivity index (χ1) is 11.5. The molecule has 2 aliphatic rings. The van der Waals surface area contributed by atoms with E-state index in [2.05, 4.69) is 32.9 Å². The molecule has 0 unspecified atom stereocenters. The molecule has 1 aliphatic carbocycles. The molecule has 0 radical (unpaired) electrons. The van der Waals surface area contributed by atoms with Crippen molar-refractivity contribution in [3.63, 3.8) is 0 Å². The Labute approximate surface area is 142 Å². The maximum Gasteiger partial charge on any atom is 0.192 e. The Kier molecular flexibility index (Phi) is 2.70. The first-order valence-corrected chi connectivity index (χ1v) is 8.99. The van der Waals surface area contributed by atoms with Crippen molar-refractivity contribution in [2.75, 3.05) is 6.61 Å². The van der Waals surface area contributed by atoms with Crippen molar-refractivity contribution in [1.29, 1.82) is 0 Å². The van der Waals surface area contributed by atoms with Crippen LogP contribution in [-0.2, 0) is 11.8 Å². The summed E-state index contributed by atoms with van der Waals surface area (Å²) in [7, 11) is 0. The lowest BCUT2D eigenvalue weighted by Gasteiger charge is -2.33. The molecule has 0 saturated carbocycles. The highest BCUT2D eigenvalue weighted by Gasteiger charge is 2.34. The molecule has 0 spiro atoms. The van der Waals surface area contributed by atoms with E-state index in [0.717, 1.165) is 35.8 Å². The van der Waals surface area contributed by atoms with Crippen LogP contribution in [0.3, 0.4) is 0 Å². The van der Waals surface area contributed by atoms with Gasteiger partial charge in [-0.1, -0.05) is 32.9 Å². The molecule has 0 bridgehead atoms. The first kappa shape index (κ1) is 14.3. The van der Waals surface area contributed by atoms with Crippen LogP contribution in [-0.4, -0.2) is 11.6 Å². The van der Waals surface area contributed by atoms with Gasteiger partial charge in [0.1, 0.15) is 11.3 Å². The smallest absolute Gasteiger partial charge is 0.192 e. The van der Waals surface area contributed by atoms with Crippen LogP contribution in [0.15, 0.2) is 16.5 Å². The molecule has 0 N–H and O–H groups in total. The lowest BCUT2D eigenvalue weighted by Crippen LogP contribution is -2.23. The van der Waals surface area contributed by atoms with Gasteiger partial charge in [0, 0.05) is 29.2 Å². The van der Waals surface area contributed by atoms with Gasteiger partial charge in [-0.25, -0.2) is 4.98 Å². The molecule has 1 aliphatic heterocycles. The van der Waals surface area contributed by atoms with Crippen LogP contribution in [0.2, 0.25) is 0 Å². The fourth-order valence-electron chi connectivity index (χ4n) is 4.77. The van der Waals surface area contributed by atoms with E-state index in [-0.39, 0.29) is 5.41 Å². The second kappa shape index (κ2) is 4.53. The number of fused-ring (bicyclic) bond motifs is 8. The number of hydrogen-bond donors (Lipinski definition) is 0. The Morgan fingerprint density at radius 2 is 2.08 bits per heavy atom. The molecular formula is C21H23NO2. The van der Waals surface area contributed by atoms with Crippen LogP contribution >= 0.6 is 0 Å². The van der Waals surface area contributed by atoms with E-state index in [0.29, 0.717) is 5.92 Å². The summed E-state index contributed by atoms with van der Waals surface area (Å²) in [6.07, 6.45) is 3.59. The van der Waals surface area contributed by atoms with Crippen molar-refractivity contribution in [3.8, 4) is 5.75 Å². The average Bonchev–Trinajstić information content (AvgIpc) is 3.09. The van der Waals surface area contributed by atoms with Gasteiger partial charge in [0.2, 0.25) is 0 Å². The quantitative estimate of drug-likeness (QED) is 0.556. The highest BCUT2D eigenvalue weighted by molar-refractivity contribution is 6.11. The van der Waals surface area contributed by atoms with Crippen molar-refractivity contribution >= 4 is 21.9 Å². The number of ether oxygens (including phenoxy) is 1. The van der Waals surface area contributed by atoms with Crippen LogP contribution < -0.4 is 4.74 Å². The highest BCUT2D eigenvalue weighted by atomic mass is 16.5. The predicted octanol–water partition coefficient (Wildman–Crippen LogP) is 5.40. The van der Waals surface area contributed by atoms with Gasteiger partial charge in [0.05, 0.1) is 6.61 Å². The monoisotopic (exact) mass is 321 g/mol. The van der Waals surface area contributed by atoms with E-state index < -0.39 is 0 Å². The van der Waals surface area contributed by atoms with E-state index in [1.165, 1.54) is 40.3 Å². The van der Waals surface area contributed by atoms with Crippen LogP contribution in [0, 0.1) is 6.92 Å². The summed E-state index contributed by atoms with van der Waals surface area (Å²) in [5.74, 6) is 2.12. The van der Waals surface area contributed by atoms with Crippen LogP contribution in [0.25, 0.3) is 21.9 Å². The molecule has 124 valence electrons. The van der Waals surface area contributed by atoms with Gasteiger partial charge < -0.3 is 9.15 Å². The summed E-state index contributed by atoms with van der Waals surface area (Å²) < 4.78 is 12.1. The van der Waals surface area contributed by atoms with Crippen molar-refractivity contribution < 1.29 is 9.15 Å². The van der Waals surface area contributed by atoms with Gasteiger partial charge in [-0.2, -0.15) is 0 Å². The van der Waals surface area contributed by atoms with E-state index >= 15 is 0 Å². The molecular weight excluding hydrogens is 298 g/mol. The molecule has 0 fully saturated rings. The van der Waals surface area contributed by atoms with E-state index in [1.807, 2.05) is 6.92 Å². The Bertz CT molecular complexity index is 996. The van der Waals surface area contributed by atoms with Crippen molar-refractivity contribution in [3.05, 3.63) is 34.7 Å². The largest absolute Gasteiger partial charge is 0.492 e. The molecule has 5 rings (SSSR count). The minimum absolute atomic E-state index is 0.222. The third-order valence-corrected chi connectivity index (χ3v) is 5.95. The van der Waals surface area contributed by atoms with Crippen LogP contribution in [0.1, 0.15) is 62.1 Å². The Morgan fingerprint density at radius 3 is 2.92 bits per heavy atom. The number of nitrogens with zero attached hydrogens (tertiary/aromatic N) is 1. The van der Waals surface area contributed by atoms with E-state index in [9.17, 15) is 0 Å². The molecule has 0 saturated heterocycles. The lowest BCUT2D eigenvalue weighted by molar-refractivity contribution is 0.340. The molecule has 24 heavy (non-hydrogen) atoms. The molecule has 1 aromatic heterocycles. The second-order valence-corrected chi connectivity index (χ2v) is 8.12. The highest BCUT2D eigenvalue weighted by Crippen LogP contribution is 2.49. The van der Waals surface area contributed by atoms with E-state index in [1.54, 1.807) is 0 Å². The molecule has 2 aromatic carbocycles. The van der Waals surface area contributed by atoms with Crippen molar-refractivity contribution in [1.82, 2.24) is 4.98 Å². The first-order valence-electron chi connectivity index (χ1n) is 8.99. The van der Waals surface area contributed by atoms with Gasteiger partial charge in [0.25, 0.3) is 0 Å². The zero-order valence-corrected chi connectivity index (χ0v) is 14.8.